The molecule has 2 N–H and O–H groups in total. The van der Waals surface area contributed by atoms with Crippen LogP contribution < -0.4 is 0 Å². The molecule has 8 heteroatoms. The molecule has 0 spiro atoms. The van der Waals surface area contributed by atoms with Gasteiger partial charge in [0.15, 0.2) is 5.78 Å². The maximum absolute atomic E-state index is 12.3. The van der Waals surface area contributed by atoms with Crippen LogP contribution in [-0.2, 0) is 25.5 Å². The van der Waals surface area contributed by atoms with E-state index >= 15 is 0 Å². The summed E-state index contributed by atoms with van der Waals surface area (Å²) in [6.45, 7) is -0.239. The van der Waals surface area contributed by atoms with Gasteiger partial charge in [0.05, 0.1) is 12.2 Å². The highest BCUT2D eigenvalue weighted by Crippen LogP contribution is 2.19. The van der Waals surface area contributed by atoms with Gasteiger partial charge >= 0.3 is 17.9 Å². The van der Waals surface area contributed by atoms with Crippen molar-refractivity contribution in [2.24, 2.45) is 0 Å². The summed E-state index contributed by atoms with van der Waals surface area (Å²) >= 11 is 0. The summed E-state index contributed by atoms with van der Waals surface area (Å²) in [7, 11) is 0. The molecule has 1 aromatic carbocycles. The van der Waals surface area contributed by atoms with E-state index < -0.39 is 36.9 Å². The first-order chi connectivity index (χ1) is 11.4. The van der Waals surface area contributed by atoms with Crippen molar-refractivity contribution in [1.82, 2.24) is 0 Å². The molecule has 0 fully saturated rings. The number of ether oxygens (including phenoxy) is 2. The third-order valence-corrected chi connectivity index (χ3v) is 3.09. The van der Waals surface area contributed by atoms with Crippen LogP contribution >= 0.6 is 0 Å². The lowest BCUT2D eigenvalue weighted by molar-refractivity contribution is -0.146. The molecule has 0 amide bonds. The molecule has 8 nitrogen and oxygen atoms in total. The molecule has 24 heavy (non-hydrogen) atoms. The summed E-state index contributed by atoms with van der Waals surface area (Å²) in [5.74, 6) is -3.50. The van der Waals surface area contributed by atoms with Crippen molar-refractivity contribution in [1.29, 1.82) is 0 Å². The van der Waals surface area contributed by atoms with Gasteiger partial charge < -0.3 is 19.7 Å². The largest absolute Gasteiger partial charge is 0.464 e. The summed E-state index contributed by atoms with van der Waals surface area (Å²) in [5.41, 5.74) is 0.481. The number of esters is 3. The van der Waals surface area contributed by atoms with Crippen LogP contribution in [0.2, 0.25) is 0 Å². The molecule has 0 aliphatic heterocycles. The van der Waals surface area contributed by atoms with Gasteiger partial charge in [-0.3, -0.25) is 4.79 Å². The van der Waals surface area contributed by atoms with Gasteiger partial charge in [0.1, 0.15) is 13.2 Å². The van der Waals surface area contributed by atoms with Crippen LogP contribution in [0.1, 0.15) is 39.6 Å². The Balaban J connectivity index is 3.01. The Morgan fingerprint density at radius 2 is 1.71 bits per heavy atom. The van der Waals surface area contributed by atoms with Crippen molar-refractivity contribution in [3.8, 4) is 0 Å². The molecule has 0 aliphatic carbocycles. The fourth-order valence-electron chi connectivity index (χ4n) is 1.99. The number of hydrogen-bond donors (Lipinski definition) is 2. The van der Waals surface area contributed by atoms with Crippen LogP contribution in [0.3, 0.4) is 0 Å². The van der Waals surface area contributed by atoms with Gasteiger partial charge in [0.25, 0.3) is 0 Å². The minimum Gasteiger partial charge on any atom is -0.464 e. The standard InChI is InChI=1S/C16H18O8/c1-2-10-4-3-5-11(12(19)6-7-23-13(20)8-17)15(10)16(22)24-14(21)9-18/h3-5,17-18H,2,6-9H2,1H3. The van der Waals surface area contributed by atoms with E-state index in [4.69, 9.17) is 10.2 Å². The molecule has 0 heterocycles. The first kappa shape index (κ1) is 19.5. The number of aliphatic hydroxyl groups excluding tert-OH is 2. The van der Waals surface area contributed by atoms with Gasteiger partial charge in [0.2, 0.25) is 0 Å². The molecule has 0 saturated heterocycles. The second kappa shape index (κ2) is 9.53. The highest BCUT2D eigenvalue weighted by Gasteiger charge is 2.23. The maximum atomic E-state index is 12.3. The van der Waals surface area contributed by atoms with E-state index in [0.717, 1.165) is 0 Å². The fraction of sp³-hybridized carbons (Fsp3) is 0.375. The Morgan fingerprint density at radius 1 is 1.04 bits per heavy atom. The molecule has 0 unspecified atom stereocenters. The molecule has 130 valence electrons. The van der Waals surface area contributed by atoms with Crippen molar-refractivity contribution < 1.29 is 38.9 Å². The molecule has 1 rings (SSSR count). The average molecular weight is 338 g/mol. The number of rotatable bonds is 8. The lowest BCUT2D eigenvalue weighted by Crippen LogP contribution is -2.20. The Bertz CT molecular complexity index is 635. The van der Waals surface area contributed by atoms with E-state index in [0.29, 0.717) is 12.0 Å². The molecular formula is C16H18O8. The summed E-state index contributed by atoms with van der Waals surface area (Å²) < 4.78 is 9.09. The Hall–Kier alpha value is -2.58. The number of hydrogen-bond acceptors (Lipinski definition) is 8. The van der Waals surface area contributed by atoms with Crippen LogP contribution in [0.5, 0.6) is 0 Å². The molecule has 0 radical (unpaired) electrons. The number of carbonyl (C=O) groups excluding carboxylic acids is 4. The van der Waals surface area contributed by atoms with Crippen LogP contribution in [-0.4, -0.2) is 53.7 Å². The van der Waals surface area contributed by atoms with Crippen molar-refractivity contribution in [3.63, 3.8) is 0 Å². The van der Waals surface area contributed by atoms with E-state index in [2.05, 4.69) is 9.47 Å². The van der Waals surface area contributed by atoms with Gasteiger partial charge in [-0.15, -0.1) is 0 Å². The monoisotopic (exact) mass is 338 g/mol. The van der Waals surface area contributed by atoms with Crippen LogP contribution in [0.25, 0.3) is 0 Å². The number of aryl methyl sites for hydroxylation is 1. The minimum atomic E-state index is -1.12. The first-order valence-corrected chi connectivity index (χ1v) is 7.22. The van der Waals surface area contributed by atoms with Gasteiger partial charge in [-0.25, -0.2) is 14.4 Å². The Labute approximate surface area is 138 Å². The number of Topliss-reactive ketones (excluding diaryl/α,β-unsaturated/α-hetero) is 1. The lowest BCUT2D eigenvalue weighted by Gasteiger charge is -2.12. The van der Waals surface area contributed by atoms with Crippen molar-refractivity contribution in [2.75, 3.05) is 19.8 Å². The second-order valence-corrected chi connectivity index (χ2v) is 4.66. The van der Waals surface area contributed by atoms with Gasteiger partial charge in [-0.1, -0.05) is 25.1 Å². The lowest BCUT2D eigenvalue weighted by atomic mass is 9.95. The van der Waals surface area contributed by atoms with Crippen molar-refractivity contribution in [2.45, 2.75) is 19.8 Å². The molecule has 0 bridgehead atoms. The summed E-state index contributed by atoms with van der Waals surface area (Å²) in [6.07, 6.45) is 0.214. The van der Waals surface area contributed by atoms with Gasteiger partial charge in [-0.05, 0) is 12.0 Å². The van der Waals surface area contributed by atoms with Gasteiger partial charge in [-0.2, -0.15) is 0 Å². The zero-order chi connectivity index (χ0) is 18.1. The summed E-state index contributed by atoms with van der Waals surface area (Å²) in [6, 6.07) is 4.59. The highest BCUT2D eigenvalue weighted by atomic mass is 16.6. The second-order valence-electron chi connectivity index (χ2n) is 4.66. The minimum absolute atomic E-state index is 0.0325. The third kappa shape index (κ3) is 5.25. The topological polar surface area (TPSA) is 127 Å². The van der Waals surface area contributed by atoms with Gasteiger partial charge in [0, 0.05) is 12.0 Å². The normalized spacial score (nSPS) is 10.1. The smallest absolute Gasteiger partial charge is 0.346 e. The molecule has 0 aliphatic rings. The van der Waals surface area contributed by atoms with Crippen molar-refractivity contribution >= 4 is 23.7 Å². The third-order valence-electron chi connectivity index (χ3n) is 3.09. The van der Waals surface area contributed by atoms with E-state index in [1.165, 1.54) is 6.07 Å². The maximum Gasteiger partial charge on any atom is 0.346 e. The molecule has 0 aromatic heterocycles. The molecule has 1 aromatic rings. The zero-order valence-corrected chi connectivity index (χ0v) is 13.1. The quantitative estimate of drug-likeness (QED) is 0.386. The van der Waals surface area contributed by atoms with E-state index in [9.17, 15) is 19.2 Å². The molecular weight excluding hydrogens is 320 g/mol. The van der Waals surface area contributed by atoms with Crippen LogP contribution in [0, 0.1) is 0 Å². The predicted molar refractivity (Wildman–Crippen MR) is 80.3 cm³/mol. The Kier molecular flexibility index (Phi) is 7.73. The van der Waals surface area contributed by atoms with E-state index in [1.54, 1.807) is 19.1 Å². The molecule has 0 atom stereocenters. The fourth-order valence-corrected chi connectivity index (χ4v) is 1.99. The number of ketones is 1. The van der Waals surface area contributed by atoms with E-state index in [1.807, 2.05) is 0 Å². The van der Waals surface area contributed by atoms with Crippen LogP contribution in [0.15, 0.2) is 18.2 Å². The van der Waals surface area contributed by atoms with E-state index in [-0.39, 0.29) is 24.2 Å². The predicted octanol–water partition coefficient (Wildman–Crippen LogP) is 0.0330. The molecule has 0 saturated carbocycles. The first-order valence-electron chi connectivity index (χ1n) is 7.22. The average Bonchev–Trinajstić information content (AvgIpc) is 2.60. The summed E-state index contributed by atoms with van der Waals surface area (Å²) in [5, 5.41) is 17.2. The summed E-state index contributed by atoms with van der Waals surface area (Å²) in [4.78, 5) is 46.3. The Morgan fingerprint density at radius 3 is 2.29 bits per heavy atom. The number of benzene rings is 1. The van der Waals surface area contributed by atoms with Crippen molar-refractivity contribution in [3.05, 3.63) is 34.9 Å². The highest BCUT2D eigenvalue weighted by molar-refractivity contribution is 6.09. The number of aliphatic hydroxyl groups is 2. The zero-order valence-electron chi connectivity index (χ0n) is 13.1. The number of carbonyl (C=O) groups is 4. The SMILES string of the molecule is CCc1cccc(C(=O)CCOC(=O)CO)c1C(=O)OC(=O)CO. The van der Waals surface area contributed by atoms with Crippen LogP contribution in [0.4, 0.5) is 0 Å².